The van der Waals surface area contributed by atoms with Gasteiger partial charge in [0.15, 0.2) is 24.5 Å². The summed E-state index contributed by atoms with van der Waals surface area (Å²) in [5, 5.41) is 5.21. The van der Waals surface area contributed by atoms with Crippen LogP contribution in [0.15, 0.2) is 97.3 Å². The van der Waals surface area contributed by atoms with E-state index < -0.39 is 5.41 Å². The molecule has 0 radical (unpaired) electrons. The van der Waals surface area contributed by atoms with Gasteiger partial charge in [0.2, 0.25) is 11.4 Å². The second-order valence-electron chi connectivity index (χ2n) is 15.7. The van der Waals surface area contributed by atoms with Crippen LogP contribution >= 0.6 is 0 Å². The number of rotatable bonds is 9. The Morgan fingerprint density at radius 1 is 0.720 bits per heavy atom. The van der Waals surface area contributed by atoms with E-state index in [9.17, 15) is 0 Å². The van der Waals surface area contributed by atoms with E-state index in [2.05, 4.69) is 149 Å². The third-order valence-corrected chi connectivity index (χ3v) is 13.2. The Kier molecular flexibility index (Phi) is 7.78. The molecule has 1 aliphatic heterocycles. The molecule has 0 fully saturated rings. The first kappa shape index (κ1) is 32.8. The second-order valence-corrected chi connectivity index (χ2v) is 15.7. The maximum Gasteiger partial charge on any atom is 0.221 e. The molecule has 254 valence electrons. The van der Waals surface area contributed by atoms with Crippen LogP contribution in [0, 0.1) is 12.7 Å². The average molecular weight is 663 g/mol. The highest BCUT2D eigenvalue weighted by Gasteiger charge is 2.62. The number of fused-ring (bicyclic) bond motifs is 1. The SMILES string of the molecule is CCCCc1ccc2c3c4[n+](ccc13)C(CC)(CC[n+]1ccc3ccccc3c1-c1ccccc1C)C(C)(CC)c1ccc(F)c(c1-4)C2(C)C. The van der Waals surface area contributed by atoms with Gasteiger partial charge in [0, 0.05) is 35.1 Å². The zero-order valence-corrected chi connectivity index (χ0v) is 31.0. The molecule has 4 aromatic carbocycles. The van der Waals surface area contributed by atoms with Gasteiger partial charge in [-0.15, -0.1) is 0 Å². The van der Waals surface area contributed by atoms with Crippen molar-refractivity contribution >= 4 is 21.5 Å². The Morgan fingerprint density at radius 2 is 1.48 bits per heavy atom. The van der Waals surface area contributed by atoms with E-state index in [0.29, 0.717) is 0 Å². The molecule has 50 heavy (non-hydrogen) atoms. The fourth-order valence-corrected chi connectivity index (χ4v) is 10.2. The van der Waals surface area contributed by atoms with Crippen molar-refractivity contribution < 1.29 is 13.5 Å². The summed E-state index contributed by atoms with van der Waals surface area (Å²) in [5.41, 5.74) is 10.1. The maximum absolute atomic E-state index is 16.4. The summed E-state index contributed by atoms with van der Waals surface area (Å²) in [6, 6.07) is 30.8. The highest BCUT2D eigenvalue weighted by Crippen LogP contribution is 2.58. The molecule has 0 amide bonds. The molecule has 2 unspecified atom stereocenters. The molecule has 0 N–H and O–H groups in total. The highest BCUT2D eigenvalue weighted by molar-refractivity contribution is 6.03. The molecule has 2 aliphatic rings. The van der Waals surface area contributed by atoms with Crippen LogP contribution < -0.4 is 9.13 Å². The van der Waals surface area contributed by atoms with Gasteiger partial charge in [-0.1, -0.05) is 95.6 Å². The zero-order chi connectivity index (χ0) is 35.0. The van der Waals surface area contributed by atoms with E-state index in [1.807, 2.05) is 0 Å². The van der Waals surface area contributed by atoms with Crippen LogP contribution in [0.1, 0.15) is 101 Å². The van der Waals surface area contributed by atoms with Crippen LogP contribution in [-0.4, -0.2) is 0 Å². The van der Waals surface area contributed by atoms with Crippen molar-refractivity contribution in [3.05, 3.63) is 131 Å². The normalized spacial score (nSPS) is 20.1. The number of unbranched alkanes of at least 4 members (excludes halogenated alkanes) is 1. The molecular weight excluding hydrogens is 612 g/mol. The highest BCUT2D eigenvalue weighted by atomic mass is 19.1. The molecule has 2 aromatic heterocycles. The maximum atomic E-state index is 16.4. The first-order valence-electron chi connectivity index (χ1n) is 18.9. The van der Waals surface area contributed by atoms with Gasteiger partial charge < -0.3 is 0 Å². The minimum atomic E-state index is -0.451. The molecule has 3 heteroatoms. The lowest BCUT2D eigenvalue weighted by Gasteiger charge is -2.50. The number of aryl methyl sites for hydroxylation is 3. The topological polar surface area (TPSA) is 7.76 Å². The molecule has 2 atom stereocenters. The third-order valence-electron chi connectivity index (χ3n) is 13.2. The van der Waals surface area contributed by atoms with Crippen molar-refractivity contribution in [1.82, 2.24) is 0 Å². The zero-order valence-electron chi connectivity index (χ0n) is 31.0. The number of nitrogens with zero attached hydrogens (tertiary/aromatic N) is 2. The number of pyridine rings is 2. The van der Waals surface area contributed by atoms with Gasteiger partial charge >= 0.3 is 0 Å². The lowest BCUT2D eigenvalue weighted by Crippen LogP contribution is -2.70. The van der Waals surface area contributed by atoms with Gasteiger partial charge in [-0.2, -0.15) is 9.13 Å². The Bertz CT molecular complexity index is 2320. The Hall–Kier alpha value is -4.37. The molecule has 0 saturated carbocycles. The molecule has 0 bridgehead atoms. The fraction of sp³-hybridized carbons (Fsp3) is 0.362. The van der Waals surface area contributed by atoms with E-state index in [-0.39, 0.29) is 16.8 Å². The van der Waals surface area contributed by atoms with Gasteiger partial charge in [0.1, 0.15) is 5.82 Å². The summed E-state index contributed by atoms with van der Waals surface area (Å²) in [6.45, 7) is 17.0. The molecule has 2 nitrogen and oxygen atoms in total. The van der Waals surface area contributed by atoms with Crippen molar-refractivity contribution in [2.45, 2.75) is 110 Å². The summed E-state index contributed by atoms with van der Waals surface area (Å²) < 4.78 is 21.5. The Balaban J connectivity index is 1.40. The number of halogens is 1. The molecule has 8 rings (SSSR count). The first-order chi connectivity index (χ1) is 24.1. The van der Waals surface area contributed by atoms with Crippen LogP contribution in [-0.2, 0) is 29.3 Å². The van der Waals surface area contributed by atoms with Crippen molar-refractivity contribution in [1.29, 1.82) is 0 Å². The minimum absolute atomic E-state index is 0.0879. The van der Waals surface area contributed by atoms with E-state index >= 15 is 4.39 Å². The summed E-state index contributed by atoms with van der Waals surface area (Å²) in [6.07, 6.45) is 10.9. The van der Waals surface area contributed by atoms with Gasteiger partial charge in [0.25, 0.3) is 0 Å². The second kappa shape index (κ2) is 11.9. The number of hydrogen-bond acceptors (Lipinski definition) is 0. The van der Waals surface area contributed by atoms with E-state index in [1.54, 1.807) is 6.07 Å². The lowest BCUT2D eigenvalue weighted by molar-refractivity contribution is -0.781. The van der Waals surface area contributed by atoms with Crippen LogP contribution in [0.3, 0.4) is 0 Å². The Labute approximate surface area is 297 Å². The van der Waals surface area contributed by atoms with Crippen LogP contribution in [0.4, 0.5) is 4.39 Å². The number of hydrogen-bond donors (Lipinski definition) is 0. The average Bonchev–Trinajstić information content (AvgIpc) is 3.13. The number of aromatic nitrogens is 2. The van der Waals surface area contributed by atoms with Crippen molar-refractivity contribution in [2.75, 3.05) is 0 Å². The van der Waals surface area contributed by atoms with Gasteiger partial charge in [0.05, 0.1) is 28.2 Å². The molecule has 1 aliphatic carbocycles. The standard InChI is InChI=1S/C47H51FN2/c1-8-11-17-32-21-22-37-40-35(32)26-29-50-44(40)41-38(23-24-39(48)42(41)45(37,5)6)46(7,9-2)47(50,10-3)27-30-49-28-25-33-18-13-15-20-36(33)43(49)34-19-14-12-16-31(34)4/h12-16,18-26,28-29H,8-11,17,27,30H2,1-7H3/q+2. The predicted molar refractivity (Wildman–Crippen MR) is 205 cm³/mol. The summed E-state index contributed by atoms with van der Waals surface area (Å²) in [7, 11) is 0. The molecule has 0 spiro atoms. The van der Waals surface area contributed by atoms with Crippen molar-refractivity contribution in [3.8, 4) is 22.5 Å². The summed E-state index contributed by atoms with van der Waals surface area (Å²) in [5.74, 6) is -0.0879. The Morgan fingerprint density at radius 3 is 2.24 bits per heavy atom. The largest absolute Gasteiger partial charge is 0.221 e. The first-order valence-corrected chi connectivity index (χ1v) is 18.9. The molecule has 6 aromatic rings. The van der Waals surface area contributed by atoms with E-state index in [1.165, 1.54) is 60.8 Å². The smallest absolute Gasteiger partial charge is 0.207 e. The lowest BCUT2D eigenvalue weighted by atomic mass is 9.55. The number of benzene rings is 4. The monoisotopic (exact) mass is 662 g/mol. The molecular formula is C47H51FN2+2. The predicted octanol–water partition coefficient (Wildman–Crippen LogP) is 11.2. The summed E-state index contributed by atoms with van der Waals surface area (Å²) >= 11 is 0. The molecule has 3 heterocycles. The quantitative estimate of drug-likeness (QED) is 0.136. The van der Waals surface area contributed by atoms with Gasteiger partial charge in [-0.3, -0.25) is 0 Å². The van der Waals surface area contributed by atoms with Crippen LogP contribution in [0.2, 0.25) is 0 Å². The van der Waals surface area contributed by atoms with Crippen LogP contribution in [0.25, 0.3) is 44.1 Å². The van der Waals surface area contributed by atoms with Gasteiger partial charge in [-0.25, -0.2) is 4.39 Å². The van der Waals surface area contributed by atoms with E-state index in [0.717, 1.165) is 56.2 Å². The minimum Gasteiger partial charge on any atom is -0.207 e. The summed E-state index contributed by atoms with van der Waals surface area (Å²) in [4.78, 5) is 0. The molecule has 0 saturated heterocycles. The van der Waals surface area contributed by atoms with Crippen LogP contribution in [0.5, 0.6) is 0 Å². The van der Waals surface area contributed by atoms with Crippen molar-refractivity contribution in [2.24, 2.45) is 0 Å². The fourth-order valence-electron chi connectivity index (χ4n) is 10.2. The van der Waals surface area contributed by atoms with Gasteiger partial charge in [-0.05, 0) is 84.3 Å². The van der Waals surface area contributed by atoms with E-state index in [4.69, 9.17) is 0 Å². The third kappa shape index (κ3) is 4.37. The van der Waals surface area contributed by atoms with Crippen molar-refractivity contribution in [3.63, 3.8) is 0 Å².